The Morgan fingerprint density at radius 1 is 1.38 bits per heavy atom. The zero-order valence-corrected chi connectivity index (χ0v) is 13.5. The van der Waals surface area contributed by atoms with Gasteiger partial charge in [-0.25, -0.2) is 4.79 Å². The molecule has 0 bridgehead atoms. The van der Waals surface area contributed by atoms with Crippen molar-refractivity contribution in [2.75, 3.05) is 13.1 Å². The van der Waals surface area contributed by atoms with Gasteiger partial charge in [0.25, 0.3) is 0 Å². The zero-order valence-electron chi connectivity index (χ0n) is 13.5. The Hall–Kier alpha value is -1.83. The van der Waals surface area contributed by atoms with E-state index in [2.05, 4.69) is 10.3 Å². The molecule has 24 heavy (non-hydrogen) atoms. The standard InChI is InChI=1S/C16H22F3N3O2/c1-2-13(11-3-7-20-8-4-11)21-15(24)22-9-5-12(6-10-22)14(23)16(17,18)19/h3-4,7-8,12-14,23H,2,5-6,9-10H2,1H3,(H,21,24). The molecule has 2 unspecified atom stereocenters. The maximum absolute atomic E-state index is 12.5. The number of aliphatic hydroxyl groups is 1. The zero-order chi connectivity index (χ0) is 17.7. The maximum Gasteiger partial charge on any atom is 0.414 e. The predicted octanol–water partition coefficient (Wildman–Crippen LogP) is 2.88. The predicted molar refractivity (Wildman–Crippen MR) is 82.2 cm³/mol. The Labute approximate surface area is 138 Å². The highest BCUT2D eigenvalue weighted by molar-refractivity contribution is 5.74. The molecule has 1 aliphatic rings. The van der Waals surface area contributed by atoms with E-state index < -0.39 is 18.2 Å². The summed E-state index contributed by atoms with van der Waals surface area (Å²) < 4.78 is 37.6. The van der Waals surface area contributed by atoms with Gasteiger partial charge in [-0.3, -0.25) is 4.98 Å². The first-order valence-electron chi connectivity index (χ1n) is 8.03. The second-order valence-electron chi connectivity index (χ2n) is 6.00. The van der Waals surface area contributed by atoms with Crippen LogP contribution in [0.15, 0.2) is 24.5 Å². The summed E-state index contributed by atoms with van der Waals surface area (Å²) >= 11 is 0. The van der Waals surface area contributed by atoms with E-state index in [0.717, 1.165) is 5.56 Å². The molecular formula is C16H22F3N3O2. The van der Waals surface area contributed by atoms with Crippen molar-refractivity contribution in [2.45, 2.75) is 44.5 Å². The fourth-order valence-corrected chi connectivity index (χ4v) is 2.94. The lowest BCUT2D eigenvalue weighted by Crippen LogP contribution is -2.48. The number of likely N-dealkylation sites (tertiary alicyclic amines) is 1. The van der Waals surface area contributed by atoms with Crippen LogP contribution in [0.25, 0.3) is 0 Å². The van der Waals surface area contributed by atoms with Crippen LogP contribution in [0.2, 0.25) is 0 Å². The number of piperidine rings is 1. The molecular weight excluding hydrogens is 323 g/mol. The Balaban J connectivity index is 1.88. The Kier molecular flexibility index (Phi) is 6.04. The second kappa shape index (κ2) is 7.83. The summed E-state index contributed by atoms with van der Waals surface area (Å²) in [6.45, 7) is 2.35. The van der Waals surface area contributed by atoms with Crippen LogP contribution in [0.3, 0.4) is 0 Å². The number of hydrogen-bond acceptors (Lipinski definition) is 3. The summed E-state index contributed by atoms with van der Waals surface area (Å²) in [5.41, 5.74) is 0.934. The molecule has 0 aromatic carbocycles. The number of aromatic nitrogens is 1. The SMILES string of the molecule is CCC(NC(=O)N1CCC(C(O)C(F)(F)F)CC1)c1ccncc1. The van der Waals surface area contributed by atoms with Crippen LogP contribution in [0.1, 0.15) is 37.8 Å². The number of aliphatic hydroxyl groups excluding tert-OH is 1. The minimum absolute atomic E-state index is 0.139. The van der Waals surface area contributed by atoms with Crippen molar-refractivity contribution < 1.29 is 23.1 Å². The summed E-state index contributed by atoms with van der Waals surface area (Å²) in [5.74, 6) is -0.851. The van der Waals surface area contributed by atoms with Crippen LogP contribution in [0, 0.1) is 5.92 Å². The van der Waals surface area contributed by atoms with E-state index in [-0.39, 0.29) is 38.0 Å². The number of pyridine rings is 1. The van der Waals surface area contributed by atoms with Gasteiger partial charge in [0, 0.05) is 25.5 Å². The maximum atomic E-state index is 12.5. The molecule has 2 N–H and O–H groups in total. The molecule has 134 valence electrons. The highest BCUT2D eigenvalue weighted by atomic mass is 19.4. The normalized spacial score (nSPS) is 19.0. The van der Waals surface area contributed by atoms with Gasteiger partial charge in [0.2, 0.25) is 0 Å². The van der Waals surface area contributed by atoms with Gasteiger partial charge in [0.1, 0.15) is 0 Å². The summed E-state index contributed by atoms with van der Waals surface area (Å²) in [6.07, 6.45) is -2.66. The Morgan fingerprint density at radius 2 is 1.96 bits per heavy atom. The molecule has 1 aromatic rings. The first-order chi connectivity index (χ1) is 11.3. The van der Waals surface area contributed by atoms with Crippen molar-refractivity contribution in [3.8, 4) is 0 Å². The lowest BCUT2D eigenvalue weighted by Gasteiger charge is -2.35. The smallest absolute Gasteiger partial charge is 0.383 e. The van der Waals surface area contributed by atoms with Crippen LogP contribution in [0.4, 0.5) is 18.0 Å². The number of hydrogen-bond donors (Lipinski definition) is 2. The number of carbonyl (C=O) groups is 1. The first-order valence-corrected chi connectivity index (χ1v) is 8.03. The summed E-state index contributed by atoms with van der Waals surface area (Å²) in [6, 6.07) is 3.18. The monoisotopic (exact) mass is 345 g/mol. The molecule has 1 aliphatic heterocycles. The summed E-state index contributed by atoms with van der Waals surface area (Å²) in [4.78, 5) is 17.8. The van der Waals surface area contributed by atoms with Crippen molar-refractivity contribution in [2.24, 2.45) is 5.92 Å². The van der Waals surface area contributed by atoms with Gasteiger partial charge in [-0.05, 0) is 42.9 Å². The van der Waals surface area contributed by atoms with Crippen LogP contribution in [-0.4, -0.2) is 46.4 Å². The van der Waals surface area contributed by atoms with Crippen molar-refractivity contribution in [1.82, 2.24) is 15.2 Å². The Morgan fingerprint density at radius 3 is 2.46 bits per heavy atom. The van der Waals surface area contributed by atoms with Gasteiger partial charge in [0.15, 0.2) is 6.10 Å². The molecule has 0 aliphatic carbocycles. The van der Waals surface area contributed by atoms with Crippen LogP contribution in [0.5, 0.6) is 0 Å². The molecule has 5 nitrogen and oxygen atoms in total. The average Bonchev–Trinajstić information content (AvgIpc) is 2.59. The van der Waals surface area contributed by atoms with E-state index >= 15 is 0 Å². The third-order valence-electron chi connectivity index (χ3n) is 4.42. The molecule has 1 aromatic heterocycles. The molecule has 0 radical (unpaired) electrons. The molecule has 2 heterocycles. The summed E-state index contributed by atoms with van der Waals surface area (Å²) in [5, 5.41) is 12.2. The quantitative estimate of drug-likeness (QED) is 0.882. The number of nitrogens with zero attached hydrogens (tertiary/aromatic N) is 2. The van der Waals surface area contributed by atoms with Crippen molar-refractivity contribution >= 4 is 6.03 Å². The highest BCUT2D eigenvalue weighted by Crippen LogP contribution is 2.31. The van der Waals surface area contributed by atoms with Gasteiger partial charge in [-0.2, -0.15) is 13.2 Å². The van der Waals surface area contributed by atoms with Crippen LogP contribution < -0.4 is 5.32 Å². The number of rotatable bonds is 4. The van der Waals surface area contributed by atoms with E-state index in [1.807, 2.05) is 19.1 Å². The van der Waals surface area contributed by atoms with Crippen molar-refractivity contribution in [3.63, 3.8) is 0 Å². The third kappa shape index (κ3) is 4.59. The van der Waals surface area contributed by atoms with Crippen molar-refractivity contribution in [3.05, 3.63) is 30.1 Å². The minimum atomic E-state index is -4.61. The van der Waals surface area contributed by atoms with E-state index in [9.17, 15) is 23.1 Å². The molecule has 1 fully saturated rings. The molecule has 2 amide bonds. The number of alkyl halides is 3. The number of urea groups is 1. The highest BCUT2D eigenvalue weighted by Gasteiger charge is 2.44. The van der Waals surface area contributed by atoms with Gasteiger partial charge < -0.3 is 15.3 Å². The molecule has 0 spiro atoms. The van der Waals surface area contributed by atoms with Crippen LogP contribution in [-0.2, 0) is 0 Å². The van der Waals surface area contributed by atoms with Crippen LogP contribution >= 0.6 is 0 Å². The van der Waals surface area contributed by atoms with Gasteiger partial charge in [0.05, 0.1) is 6.04 Å². The topological polar surface area (TPSA) is 65.5 Å². The number of halogens is 3. The largest absolute Gasteiger partial charge is 0.414 e. The fourth-order valence-electron chi connectivity index (χ4n) is 2.94. The van der Waals surface area contributed by atoms with Gasteiger partial charge >= 0.3 is 12.2 Å². The average molecular weight is 345 g/mol. The first kappa shape index (κ1) is 18.5. The lowest BCUT2D eigenvalue weighted by molar-refractivity contribution is -0.222. The lowest BCUT2D eigenvalue weighted by atomic mass is 9.91. The van der Waals surface area contributed by atoms with E-state index in [0.29, 0.717) is 6.42 Å². The minimum Gasteiger partial charge on any atom is -0.383 e. The van der Waals surface area contributed by atoms with Crippen molar-refractivity contribution in [1.29, 1.82) is 0 Å². The number of amides is 2. The van der Waals surface area contributed by atoms with Gasteiger partial charge in [-0.15, -0.1) is 0 Å². The second-order valence-corrected chi connectivity index (χ2v) is 6.00. The summed E-state index contributed by atoms with van der Waals surface area (Å²) in [7, 11) is 0. The van der Waals surface area contributed by atoms with Gasteiger partial charge in [-0.1, -0.05) is 6.92 Å². The molecule has 2 atom stereocenters. The number of nitrogens with one attached hydrogen (secondary N) is 1. The third-order valence-corrected chi connectivity index (χ3v) is 4.42. The fraction of sp³-hybridized carbons (Fsp3) is 0.625. The molecule has 2 rings (SSSR count). The molecule has 1 saturated heterocycles. The van der Waals surface area contributed by atoms with E-state index in [1.54, 1.807) is 12.4 Å². The molecule has 0 saturated carbocycles. The van der Waals surface area contributed by atoms with E-state index in [1.165, 1.54) is 4.90 Å². The number of carbonyl (C=O) groups excluding carboxylic acids is 1. The van der Waals surface area contributed by atoms with E-state index in [4.69, 9.17) is 0 Å². The molecule has 8 heteroatoms. The Bertz CT molecular complexity index is 531.